The number of carbonyl (C=O) groups is 1. The smallest absolute Gasteiger partial charge is 0.187 e. The van der Waals surface area contributed by atoms with Crippen molar-refractivity contribution in [1.29, 1.82) is 0 Å². The number of likely N-dealkylation sites (tertiary alicyclic amines) is 2. The van der Waals surface area contributed by atoms with E-state index in [2.05, 4.69) is 0 Å². The van der Waals surface area contributed by atoms with E-state index < -0.39 is 34.7 Å². The largest absolute Gasteiger partial charge is 0.389 e. The summed E-state index contributed by atoms with van der Waals surface area (Å²) >= 11 is 0. The van der Waals surface area contributed by atoms with Crippen molar-refractivity contribution in [1.82, 2.24) is 9.80 Å². The van der Waals surface area contributed by atoms with E-state index in [1.54, 1.807) is 18.3 Å². The molecule has 2 aliphatic heterocycles. The number of carbonyl (C=O) groups excluding carboxylic acids is 1. The molecule has 194 valence electrons. The number of nitrogens with zero attached hydrogens (tertiary/aromatic N) is 2. The number of ketones is 1. The lowest BCUT2D eigenvalue weighted by molar-refractivity contribution is -0.119. The minimum Gasteiger partial charge on any atom is -0.389 e. The van der Waals surface area contributed by atoms with Crippen LogP contribution in [-0.2, 0) is 5.60 Å². The van der Waals surface area contributed by atoms with Gasteiger partial charge < -0.3 is 25.1 Å². The number of benzene rings is 2. The number of allylic oxidation sites excluding steroid dienone is 1. The van der Waals surface area contributed by atoms with Crippen LogP contribution in [0.2, 0.25) is 0 Å². The SMILES string of the molecule is O=C(C=CN1CCC(O)(C(O)CN2CCC(O)(c3ccc(F)cc3)CC2)CC1)c1ccc(F)c(F)c1. The molecular weight excluding hydrogens is 473 g/mol. The highest BCUT2D eigenvalue weighted by atomic mass is 19.2. The third-order valence-corrected chi connectivity index (χ3v) is 7.42. The van der Waals surface area contributed by atoms with Crippen LogP contribution in [0.3, 0.4) is 0 Å². The van der Waals surface area contributed by atoms with Crippen LogP contribution >= 0.6 is 0 Å². The summed E-state index contributed by atoms with van der Waals surface area (Å²) in [4.78, 5) is 16.1. The molecule has 0 bridgehead atoms. The predicted molar refractivity (Wildman–Crippen MR) is 128 cm³/mol. The summed E-state index contributed by atoms with van der Waals surface area (Å²) in [6.07, 6.45) is 3.34. The van der Waals surface area contributed by atoms with E-state index in [0.29, 0.717) is 57.4 Å². The number of β-amino-alcohol motifs (C(OH)–C–C–N with tert-alkyl or cyclic N) is 1. The molecule has 2 aliphatic rings. The molecule has 36 heavy (non-hydrogen) atoms. The quantitative estimate of drug-likeness (QED) is 0.397. The standard InChI is InChI=1S/C27H31F3N2O4/c28-21-4-2-20(3-5-21)26(35)8-15-32(16-9-26)18-25(34)27(36)10-13-31(14-11-27)12-7-24(33)19-1-6-22(29)23(30)17-19/h1-7,12,17,25,34-36H,8-11,13-16,18H2. The Morgan fingerprint density at radius 2 is 1.56 bits per heavy atom. The first-order valence-corrected chi connectivity index (χ1v) is 12.1. The molecular formula is C27H31F3N2O4. The van der Waals surface area contributed by atoms with Crippen LogP contribution in [0.15, 0.2) is 54.7 Å². The maximum atomic E-state index is 13.4. The number of piperidine rings is 2. The van der Waals surface area contributed by atoms with Crippen LogP contribution in [0, 0.1) is 17.5 Å². The summed E-state index contributed by atoms with van der Waals surface area (Å²) in [6.45, 7) is 2.16. The van der Waals surface area contributed by atoms with E-state index in [-0.39, 0.29) is 17.9 Å². The van der Waals surface area contributed by atoms with Crippen molar-refractivity contribution in [2.24, 2.45) is 0 Å². The molecule has 6 nitrogen and oxygen atoms in total. The lowest BCUT2D eigenvalue weighted by atomic mass is 9.83. The Labute approximate surface area is 208 Å². The number of halogens is 3. The van der Waals surface area contributed by atoms with Gasteiger partial charge in [0.25, 0.3) is 0 Å². The van der Waals surface area contributed by atoms with Crippen LogP contribution in [0.4, 0.5) is 13.2 Å². The van der Waals surface area contributed by atoms with Crippen molar-refractivity contribution in [3.63, 3.8) is 0 Å². The second kappa shape index (κ2) is 10.7. The molecule has 0 aromatic heterocycles. The van der Waals surface area contributed by atoms with Crippen molar-refractivity contribution >= 4 is 5.78 Å². The Morgan fingerprint density at radius 3 is 2.17 bits per heavy atom. The lowest BCUT2D eigenvalue weighted by Gasteiger charge is -2.44. The molecule has 1 unspecified atom stereocenters. The number of hydrogen-bond acceptors (Lipinski definition) is 6. The van der Waals surface area contributed by atoms with Gasteiger partial charge in [-0.15, -0.1) is 0 Å². The summed E-state index contributed by atoms with van der Waals surface area (Å²) < 4.78 is 39.6. The van der Waals surface area contributed by atoms with Crippen LogP contribution in [0.25, 0.3) is 0 Å². The van der Waals surface area contributed by atoms with Crippen molar-refractivity contribution in [2.75, 3.05) is 32.7 Å². The second-order valence-electron chi connectivity index (χ2n) is 9.80. The molecule has 4 rings (SSSR count). The average molecular weight is 505 g/mol. The maximum Gasteiger partial charge on any atom is 0.187 e. The Morgan fingerprint density at radius 1 is 0.917 bits per heavy atom. The molecule has 0 spiro atoms. The van der Waals surface area contributed by atoms with Gasteiger partial charge in [0.05, 0.1) is 17.3 Å². The van der Waals surface area contributed by atoms with E-state index in [1.165, 1.54) is 24.3 Å². The van der Waals surface area contributed by atoms with Crippen LogP contribution in [0.5, 0.6) is 0 Å². The number of aliphatic hydroxyl groups is 3. The first kappa shape index (κ1) is 26.3. The van der Waals surface area contributed by atoms with Crippen molar-refractivity contribution in [3.8, 4) is 0 Å². The maximum absolute atomic E-state index is 13.4. The molecule has 0 aliphatic carbocycles. The van der Waals surface area contributed by atoms with Crippen molar-refractivity contribution < 1.29 is 33.3 Å². The number of rotatable bonds is 7. The van der Waals surface area contributed by atoms with Gasteiger partial charge in [-0.2, -0.15) is 0 Å². The van der Waals surface area contributed by atoms with Crippen molar-refractivity contribution in [2.45, 2.75) is 43.0 Å². The summed E-state index contributed by atoms with van der Waals surface area (Å²) in [5.41, 5.74) is -1.60. The molecule has 2 fully saturated rings. The molecule has 3 N–H and O–H groups in total. The highest BCUT2D eigenvalue weighted by molar-refractivity contribution is 6.04. The summed E-state index contributed by atoms with van der Waals surface area (Å²) in [7, 11) is 0. The highest BCUT2D eigenvalue weighted by Gasteiger charge is 2.41. The van der Waals surface area contributed by atoms with Gasteiger partial charge in [-0.25, -0.2) is 13.2 Å². The third-order valence-electron chi connectivity index (χ3n) is 7.42. The van der Waals surface area contributed by atoms with Crippen LogP contribution < -0.4 is 0 Å². The Balaban J connectivity index is 1.25. The second-order valence-corrected chi connectivity index (χ2v) is 9.80. The fourth-order valence-corrected chi connectivity index (χ4v) is 4.88. The Hall–Kier alpha value is -2.72. The Bertz CT molecular complexity index is 1090. The van der Waals surface area contributed by atoms with E-state index >= 15 is 0 Å². The van der Waals surface area contributed by atoms with Gasteiger partial charge in [0.1, 0.15) is 5.82 Å². The minimum absolute atomic E-state index is 0.0435. The molecule has 9 heteroatoms. The van der Waals surface area contributed by atoms with Gasteiger partial charge in [0.2, 0.25) is 0 Å². The third kappa shape index (κ3) is 5.98. The van der Waals surface area contributed by atoms with E-state index in [4.69, 9.17) is 0 Å². The first-order valence-electron chi connectivity index (χ1n) is 12.1. The van der Waals surface area contributed by atoms with E-state index in [9.17, 15) is 33.3 Å². The molecule has 2 heterocycles. The van der Waals surface area contributed by atoms with E-state index in [1.807, 2.05) is 9.80 Å². The normalized spacial score (nSPS) is 21.0. The zero-order valence-corrected chi connectivity index (χ0v) is 19.9. The summed E-state index contributed by atoms with van der Waals surface area (Å²) in [5, 5.41) is 32.8. The minimum atomic E-state index is -1.28. The topological polar surface area (TPSA) is 84.2 Å². The van der Waals surface area contributed by atoms with Gasteiger partial charge in [-0.3, -0.25) is 4.79 Å². The summed E-state index contributed by atoms with van der Waals surface area (Å²) in [6, 6.07) is 8.83. The number of aliphatic hydroxyl groups excluding tert-OH is 1. The van der Waals surface area contributed by atoms with Gasteiger partial charge in [0.15, 0.2) is 17.4 Å². The van der Waals surface area contributed by atoms with Crippen molar-refractivity contribution in [3.05, 3.63) is 83.3 Å². The molecule has 2 aromatic carbocycles. The molecule has 1 atom stereocenters. The molecule has 0 saturated carbocycles. The van der Waals surface area contributed by atoms with Gasteiger partial charge in [-0.05, 0) is 61.6 Å². The highest BCUT2D eigenvalue weighted by Crippen LogP contribution is 2.34. The number of hydrogen-bond donors (Lipinski definition) is 3. The average Bonchev–Trinajstić information content (AvgIpc) is 2.87. The molecule has 0 radical (unpaired) electrons. The van der Waals surface area contributed by atoms with E-state index in [0.717, 1.165) is 12.1 Å². The fraction of sp³-hybridized carbons (Fsp3) is 0.444. The Kier molecular flexibility index (Phi) is 7.85. The predicted octanol–water partition coefficient (Wildman–Crippen LogP) is 2.97. The monoisotopic (exact) mass is 504 g/mol. The van der Waals surface area contributed by atoms with Crippen LogP contribution in [0.1, 0.15) is 41.6 Å². The zero-order chi connectivity index (χ0) is 25.9. The summed E-state index contributed by atoms with van der Waals surface area (Å²) in [5.74, 6) is -2.91. The molecule has 2 saturated heterocycles. The zero-order valence-electron chi connectivity index (χ0n) is 19.9. The van der Waals surface area contributed by atoms with Gasteiger partial charge in [0, 0.05) is 50.6 Å². The molecule has 2 aromatic rings. The molecule has 0 amide bonds. The lowest BCUT2D eigenvalue weighted by Crippen LogP contribution is -2.55. The fourth-order valence-electron chi connectivity index (χ4n) is 4.88. The van der Waals surface area contributed by atoms with Gasteiger partial charge >= 0.3 is 0 Å². The van der Waals surface area contributed by atoms with Gasteiger partial charge in [-0.1, -0.05) is 12.1 Å². The van der Waals surface area contributed by atoms with Crippen LogP contribution in [-0.4, -0.2) is 75.3 Å². The first-order chi connectivity index (χ1) is 17.1.